The van der Waals surface area contributed by atoms with Gasteiger partial charge >= 0.3 is 5.97 Å². The number of benzene rings is 1. The highest BCUT2D eigenvalue weighted by atomic mass is 19.1. The Bertz CT molecular complexity index is 964. The molecule has 0 spiro atoms. The van der Waals surface area contributed by atoms with Gasteiger partial charge in [0.2, 0.25) is 5.43 Å². The number of ether oxygens (including phenoxy) is 1. The minimum absolute atomic E-state index is 0.0220. The Labute approximate surface area is 149 Å². The number of pyridine rings is 1. The van der Waals surface area contributed by atoms with Crippen molar-refractivity contribution in [2.45, 2.75) is 38.8 Å². The summed E-state index contributed by atoms with van der Waals surface area (Å²) in [5.74, 6) is -1.78. The van der Waals surface area contributed by atoms with Crippen LogP contribution in [0.4, 0.5) is 10.1 Å². The lowest BCUT2D eigenvalue weighted by atomic mass is 10.0. The number of aromatic nitrogens is 1. The molecule has 0 bridgehead atoms. The highest BCUT2D eigenvalue weighted by molar-refractivity contribution is 5.95. The molecular formula is C19H21FN2O4. The van der Waals surface area contributed by atoms with Gasteiger partial charge in [-0.15, -0.1) is 0 Å². The summed E-state index contributed by atoms with van der Waals surface area (Å²) >= 11 is 0. The van der Waals surface area contributed by atoms with E-state index in [1.54, 1.807) is 0 Å². The van der Waals surface area contributed by atoms with Crippen molar-refractivity contribution in [1.29, 1.82) is 0 Å². The van der Waals surface area contributed by atoms with Crippen molar-refractivity contribution in [2.75, 3.05) is 24.7 Å². The summed E-state index contributed by atoms with van der Waals surface area (Å²) in [4.78, 5) is 26.1. The normalized spacial score (nSPS) is 20.6. The number of carboxylic acid groups (broad SMARTS) is 1. The molecule has 1 N–H and O–H groups in total. The molecule has 0 amide bonds. The molecule has 6 nitrogen and oxygen atoms in total. The minimum atomic E-state index is -1.28. The third-order valence-electron chi connectivity index (χ3n) is 5.30. The van der Waals surface area contributed by atoms with Gasteiger partial charge in [0.25, 0.3) is 0 Å². The molecule has 1 aliphatic carbocycles. The first-order chi connectivity index (χ1) is 12.4. The summed E-state index contributed by atoms with van der Waals surface area (Å²) in [7, 11) is 0. The van der Waals surface area contributed by atoms with Crippen LogP contribution in [0.5, 0.6) is 0 Å². The van der Waals surface area contributed by atoms with E-state index >= 15 is 4.39 Å². The van der Waals surface area contributed by atoms with E-state index in [9.17, 15) is 14.7 Å². The molecule has 1 aromatic heterocycles. The molecule has 2 heterocycles. The number of carbonyl (C=O) groups is 1. The van der Waals surface area contributed by atoms with Crippen LogP contribution in [0, 0.1) is 12.7 Å². The average Bonchev–Trinajstić information content (AvgIpc) is 3.42. The Balaban J connectivity index is 2.03. The third-order valence-corrected chi connectivity index (χ3v) is 5.30. The molecule has 1 atom stereocenters. The van der Waals surface area contributed by atoms with Gasteiger partial charge in [-0.1, -0.05) is 0 Å². The summed E-state index contributed by atoms with van der Waals surface area (Å²) in [6, 6.07) is 1.39. The van der Waals surface area contributed by atoms with E-state index in [0.29, 0.717) is 36.5 Å². The van der Waals surface area contributed by atoms with Gasteiger partial charge in [0.15, 0.2) is 0 Å². The Hall–Kier alpha value is -2.41. The first-order valence-electron chi connectivity index (χ1n) is 8.85. The highest BCUT2D eigenvalue weighted by Crippen LogP contribution is 2.40. The number of hydrogen-bond donors (Lipinski definition) is 1. The molecule has 0 radical (unpaired) electrons. The molecule has 2 fully saturated rings. The fourth-order valence-electron chi connectivity index (χ4n) is 3.87. The maximum atomic E-state index is 15.0. The smallest absolute Gasteiger partial charge is 0.341 e. The predicted molar refractivity (Wildman–Crippen MR) is 95.8 cm³/mol. The molecule has 138 valence electrons. The van der Waals surface area contributed by atoms with E-state index < -0.39 is 17.2 Å². The molecular weight excluding hydrogens is 339 g/mol. The summed E-state index contributed by atoms with van der Waals surface area (Å²) in [6.07, 6.45) is 3.27. The van der Waals surface area contributed by atoms with Crippen LogP contribution < -0.4 is 10.3 Å². The van der Waals surface area contributed by atoms with Crippen LogP contribution in [0.25, 0.3) is 10.9 Å². The maximum Gasteiger partial charge on any atom is 0.341 e. The van der Waals surface area contributed by atoms with Crippen LogP contribution in [-0.4, -0.2) is 41.4 Å². The second-order valence-electron chi connectivity index (χ2n) is 7.16. The quantitative estimate of drug-likeness (QED) is 0.911. The van der Waals surface area contributed by atoms with Crippen molar-refractivity contribution >= 4 is 22.6 Å². The number of anilines is 1. The minimum Gasteiger partial charge on any atom is -0.477 e. The fourth-order valence-corrected chi connectivity index (χ4v) is 3.87. The number of rotatable bonds is 3. The van der Waals surface area contributed by atoms with Gasteiger partial charge in [0.05, 0.1) is 24.4 Å². The molecule has 1 aromatic carbocycles. The van der Waals surface area contributed by atoms with Gasteiger partial charge in [0.1, 0.15) is 11.4 Å². The number of halogens is 1. The van der Waals surface area contributed by atoms with E-state index in [1.807, 2.05) is 23.3 Å². The fraction of sp³-hybridized carbons (Fsp3) is 0.474. The Kier molecular flexibility index (Phi) is 3.99. The van der Waals surface area contributed by atoms with Crippen molar-refractivity contribution < 1.29 is 19.0 Å². The van der Waals surface area contributed by atoms with E-state index in [1.165, 1.54) is 12.3 Å². The van der Waals surface area contributed by atoms with Crippen LogP contribution in [-0.2, 0) is 4.74 Å². The Morgan fingerprint density at radius 2 is 2.12 bits per heavy atom. The number of carboxylic acids is 1. The molecule has 7 heteroatoms. The predicted octanol–water partition coefficient (Wildman–Crippen LogP) is 2.71. The molecule has 4 rings (SSSR count). The van der Waals surface area contributed by atoms with Crippen LogP contribution >= 0.6 is 0 Å². The Morgan fingerprint density at radius 1 is 1.38 bits per heavy atom. The summed E-state index contributed by atoms with van der Waals surface area (Å²) in [5.41, 5.74) is 0.848. The van der Waals surface area contributed by atoms with E-state index in [0.717, 1.165) is 12.8 Å². The number of fused-ring (bicyclic) bond motifs is 1. The van der Waals surface area contributed by atoms with Gasteiger partial charge in [-0.2, -0.15) is 0 Å². The lowest BCUT2D eigenvalue weighted by Gasteiger charge is -2.36. The van der Waals surface area contributed by atoms with Crippen LogP contribution in [0.2, 0.25) is 0 Å². The van der Waals surface area contributed by atoms with Gasteiger partial charge in [-0.3, -0.25) is 4.79 Å². The number of morpholine rings is 1. The largest absolute Gasteiger partial charge is 0.477 e. The highest BCUT2D eigenvalue weighted by Gasteiger charge is 2.31. The second kappa shape index (κ2) is 6.09. The molecule has 2 aromatic rings. The lowest BCUT2D eigenvalue weighted by Crippen LogP contribution is -2.44. The molecule has 1 saturated carbocycles. The third kappa shape index (κ3) is 2.58. The SMILES string of the molecule is Cc1c(N2CCOCC2C)c(F)cc2c(=O)c(C(=O)O)cn(C3CC3)c12. The number of hydrogen-bond acceptors (Lipinski definition) is 4. The second-order valence-corrected chi connectivity index (χ2v) is 7.16. The molecule has 26 heavy (non-hydrogen) atoms. The summed E-state index contributed by atoms with van der Waals surface area (Å²) < 4.78 is 22.3. The summed E-state index contributed by atoms with van der Waals surface area (Å²) in [6.45, 7) is 5.40. The van der Waals surface area contributed by atoms with Crippen molar-refractivity contribution in [2.24, 2.45) is 0 Å². The molecule has 1 saturated heterocycles. The van der Waals surface area contributed by atoms with E-state index in [4.69, 9.17) is 4.74 Å². The Morgan fingerprint density at radius 3 is 2.73 bits per heavy atom. The topological polar surface area (TPSA) is 71.8 Å². The number of nitrogens with zero attached hydrogens (tertiary/aromatic N) is 2. The monoisotopic (exact) mass is 360 g/mol. The number of aromatic carboxylic acids is 1. The first-order valence-corrected chi connectivity index (χ1v) is 8.85. The van der Waals surface area contributed by atoms with E-state index in [-0.39, 0.29) is 23.0 Å². The van der Waals surface area contributed by atoms with Gasteiger partial charge < -0.3 is 19.3 Å². The zero-order valence-electron chi connectivity index (χ0n) is 14.8. The van der Waals surface area contributed by atoms with Gasteiger partial charge in [-0.25, -0.2) is 9.18 Å². The van der Waals surface area contributed by atoms with Crippen LogP contribution in [0.1, 0.15) is 41.7 Å². The number of aryl methyl sites for hydroxylation is 1. The van der Waals surface area contributed by atoms with Crippen molar-refractivity contribution in [1.82, 2.24) is 4.57 Å². The van der Waals surface area contributed by atoms with Gasteiger partial charge in [-0.05, 0) is 38.3 Å². The standard InChI is InChI=1S/C19H21FN2O4/c1-10-9-26-6-5-21(10)17-11(2)16-13(7-15(17)20)18(23)14(19(24)25)8-22(16)12-3-4-12/h7-8,10,12H,3-6,9H2,1-2H3,(H,24,25). The van der Waals surface area contributed by atoms with Crippen LogP contribution in [0.15, 0.2) is 17.1 Å². The molecule has 1 aliphatic heterocycles. The summed E-state index contributed by atoms with van der Waals surface area (Å²) in [5, 5.41) is 9.49. The molecule has 2 aliphatic rings. The van der Waals surface area contributed by atoms with Crippen molar-refractivity contribution in [3.63, 3.8) is 0 Å². The van der Waals surface area contributed by atoms with Crippen LogP contribution in [0.3, 0.4) is 0 Å². The van der Waals surface area contributed by atoms with Crippen molar-refractivity contribution in [3.8, 4) is 0 Å². The lowest BCUT2D eigenvalue weighted by molar-refractivity contribution is 0.0695. The first kappa shape index (κ1) is 17.0. The van der Waals surface area contributed by atoms with E-state index in [2.05, 4.69) is 0 Å². The molecule has 1 unspecified atom stereocenters. The zero-order chi connectivity index (χ0) is 18.6. The van der Waals surface area contributed by atoms with Gasteiger partial charge in [0, 0.05) is 30.2 Å². The zero-order valence-corrected chi connectivity index (χ0v) is 14.8. The van der Waals surface area contributed by atoms with Crippen molar-refractivity contribution in [3.05, 3.63) is 39.4 Å². The average molecular weight is 360 g/mol. The maximum absolute atomic E-state index is 15.0.